The molecule has 2 aromatic rings. The number of rotatable bonds is 5. The van der Waals surface area contributed by atoms with Gasteiger partial charge in [0.1, 0.15) is 5.69 Å². The van der Waals surface area contributed by atoms with Crippen molar-refractivity contribution in [2.24, 2.45) is 5.10 Å². The number of nitro benzene ring substituents is 2. The molecular weight excluding hydrogens is 276 g/mol. The van der Waals surface area contributed by atoms with Crippen LogP contribution >= 0.6 is 0 Å². The molecule has 0 radical (unpaired) electrons. The molecule has 2 aromatic carbocycles. The van der Waals surface area contributed by atoms with Crippen molar-refractivity contribution in [3.63, 3.8) is 0 Å². The van der Waals surface area contributed by atoms with Crippen LogP contribution in [0.4, 0.5) is 17.1 Å². The van der Waals surface area contributed by atoms with E-state index in [0.717, 1.165) is 0 Å². The Balaban J connectivity index is 2.21. The summed E-state index contributed by atoms with van der Waals surface area (Å²) in [6.45, 7) is 0. The molecule has 0 unspecified atom stereocenters. The lowest BCUT2D eigenvalue weighted by molar-refractivity contribution is -0.385. The minimum atomic E-state index is -0.539. The highest BCUT2D eigenvalue weighted by atomic mass is 16.6. The standard InChI is InChI=1S/C13H10N4O4/c18-16(19)12-7-3-1-5-10(12)9-14-15-11-6-2-4-8-13(11)17(20)21/h1-9,15H/b14-9-. The molecule has 0 aliphatic carbocycles. The van der Waals surface area contributed by atoms with Gasteiger partial charge in [0.05, 0.1) is 21.6 Å². The van der Waals surface area contributed by atoms with E-state index in [1.165, 1.54) is 36.5 Å². The number of nitrogens with zero attached hydrogens (tertiary/aromatic N) is 3. The fourth-order valence-corrected chi connectivity index (χ4v) is 1.66. The topological polar surface area (TPSA) is 111 Å². The van der Waals surface area contributed by atoms with Crippen LogP contribution < -0.4 is 5.43 Å². The maximum atomic E-state index is 10.8. The zero-order chi connectivity index (χ0) is 15.2. The quantitative estimate of drug-likeness (QED) is 0.516. The van der Waals surface area contributed by atoms with Crippen LogP contribution in [0.5, 0.6) is 0 Å². The minimum Gasteiger partial charge on any atom is -0.272 e. The first kappa shape index (κ1) is 14.1. The van der Waals surface area contributed by atoms with Crippen molar-refractivity contribution in [2.75, 3.05) is 5.43 Å². The number of hydrazone groups is 1. The van der Waals surface area contributed by atoms with Crippen LogP contribution in [-0.4, -0.2) is 16.1 Å². The van der Waals surface area contributed by atoms with Crippen molar-refractivity contribution in [1.29, 1.82) is 0 Å². The summed E-state index contributed by atoms with van der Waals surface area (Å²) in [5, 5.41) is 25.5. The Labute approximate surface area is 119 Å². The number of anilines is 1. The number of benzene rings is 2. The Kier molecular flexibility index (Phi) is 4.20. The molecule has 21 heavy (non-hydrogen) atoms. The summed E-state index contributed by atoms with van der Waals surface area (Å²) in [6.07, 6.45) is 1.24. The maximum absolute atomic E-state index is 10.8. The van der Waals surface area contributed by atoms with Gasteiger partial charge in [-0.05, 0) is 12.1 Å². The SMILES string of the molecule is O=[N+]([O-])c1ccccc1/C=N\Nc1ccccc1[N+](=O)[O-]. The third kappa shape index (κ3) is 3.38. The van der Waals surface area contributed by atoms with Crippen LogP contribution in [0.25, 0.3) is 0 Å². The average molecular weight is 286 g/mol. The Morgan fingerprint density at radius 1 is 0.905 bits per heavy atom. The molecule has 0 spiro atoms. The van der Waals surface area contributed by atoms with Crippen LogP contribution in [-0.2, 0) is 0 Å². The van der Waals surface area contributed by atoms with Gasteiger partial charge in [-0.1, -0.05) is 24.3 Å². The zero-order valence-corrected chi connectivity index (χ0v) is 10.7. The van der Waals surface area contributed by atoms with Crippen LogP contribution in [0.3, 0.4) is 0 Å². The van der Waals surface area contributed by atoms with Crippen molar-refractivity contribution in [3.8, 4) is 0 Å². The predicted molar refractivity (Wildman–Crippen MR) is 77.4 cm³/mol. The van der Waals surface area contributed by atoms with E-state index in [1.807, 2.05) is 0 Å². The van der Waals surface area contributed by atoms with Gasteiger partial charge in [0.15, 0.2) is 0 Å². The largest absolute Gasteiger partial charge is 0.294 e. The molecular formula is C13H10N4O4. The first-order chi connectivity index (χ1) is 10.1. The lowest BCUT2D eigenvalue weighted by Gasteiger charge is -2.01. The molecule has 0 amide bonds. The van der Waals surface area contributed by atoms with Gasteiger partial charge in [0.2, 0.25) is 0 Å². The molecule has 0 fully saturated rings. The molecule has 0 aliphatic heterocycles. The second-order valence-corrected chi connectivity index (χ2v) is 3.96. The monoisotopic (exact) mass is 286 g/mol. The summed E-state index contributed by atoms with van der Waals surface area (Å²) in [7, 11) is 0. The van der Waals surface area contributed by atoms with Gasteiger partial charge in [-0.3, -0.25) is 25.7 Å². The molecule has 0 bridgehead atoms. The summed E-state index contributed by atoms with van der Waals surface area (Å²) in [5.41, 5.74) is 2.80. The molecule has 0 aliphatic rings. The Hall–Kier alpha value is -3.29. The third-order valence-corrected chi connectivity index (χ3v) is 2.62. The van der Waals surface area contributed by atoms with Crippen LogP contribution in [0.1, 0.15) is 5.56 Å². The summed E-state index contributed by atoms with van der Waals surface area (Å²) in [5.74, 6) is 0. The molecule has 8 heteroatoms. The molecule has 0 atom stereocenters. The van der Waals surface area contributed by atoms with Crippen molar-refractivity contribution < 1.29 is 9.85 Å². The second-order valence-electron chi connectivity index (χ2n) is 3.96. The number of para-hydroxylation sites is 3. The van der Waals surface area contributed by atoms with Crippen LogP contribution in [0.15, 0.2) is 53.6 Å². The lowest BCUT2D eigenvalue weighted by atomic mass is 10.2. The van der Waals surface area contributed by atoms with E-state index in [4.69, 9.17) is 0 Å². The number of nitrogens with one attached hydrogen (secondary N) is 1. The van der Waals surface area contributed by atoms with E-state index < -0.39 is 9.85 Å². The average Bonchev–Trinajstić information content (AvgIpc) is 2.48. The van der Waals surface area contributed by atoms with E-state index in [9.17, 15) is 20.2 Å². The Bertz CT molecular complexity index is 715. The van der Waals surface area contributed by atoms with Crippen molar-refractivity contribution in [1.82, 2.24) is 0 Å². The summed E-state index contributed by atoms with van der Waals surface area (Å²) >= 11 is 0. The van der Waals surface area contributed by atoms with Crippen molar-refractivity contribution in [3.05, 3.63) is 74.3 Å². The van der Waals surface area contributed by atoms with Gasteiger partial charge < -0.3 is 0 Å². The molecule has 1 N–H and O–H groups in total. The summed E-state index contributed by atoms with van der Waals surface area (Å²) in [4.78, 5) is 20.6. The van der Waals surface area contributed by atoms with E-state index in [1.54, 1.807) is 18.2 Å². The second kappa shape index (κ2) is 6.24. The van der Waals surface area contributed by atoms with Gasteiger partial charge >= 0.3 is 0 Å². The van der Waals surface area contributed by atoms with Crippen LogP contribution in [0.2, 0.25) is 0 Å². The highest BCUT2D eigenvalue weighted by molar-refractivity contribution is 5.85. The highest BCUT2D eigenvalue weighted by Crippen LogP contribution is 2.23. The van der Waals surface area contributed by atoms with Gasteiger partial charge in [-0.15, -0.1) is 0 Å². The molecule has 2 rings (SSSR count). The molecule has 0 heterocycles. The molecule has 0 saturated carbocycles. The van der Waals surface area contributed by atoms with Gasteiger partial charge in [-0.2, -0.15) is 5.10 Å². The third-order valence-electron chi connectivity index (χ3n) is 2.62. The van der Waals surface area contributed by atoms with E-state index in [-0.39, 0.29) is 17.1 Å². The first-order valence-corrected chi connectivity index (χ1v) is 5.85. The van der Waals surface area contributed by atoms with Gasteiger partial charge in [0.25, 0.3) is 11.4 Å². The molecule has 8 nitrogen and oxygen atoms in total. The van der Waals surface area contributed by atoms with Crippen molar-refractivity contribution >= 4 is 23.3 Å². The fraction of sp³-hybridized carbons (Fsp3) is 0. The molecule has 0 aromatic heterocycles. The van der Waals surface area contributed by atoms with Crippen LogP contribution in [0, 0.1) is 20.2 Å². The Morgan fingerprint density at radius 3 is 2.14 bits per heavy atom. The van der Waals surface area contributed by atoms with E-state index >= 15 is 0 Å². The lowest BCUT2D eigenvalue weighted by Crippen LogP contribution is -1.98. The van der Waals surface area contributed by atoms with Gasteiger partial charge in [0, 0.05) is 12.1 Å². The zero-order valence-electron chi connectivity index (χ0n) is 10.7. The summed E-state index contributed by atoms with van der Waals surface area (Å²) < 4.78 is 0. The highest BCUT2D eigenvalue weighted by Gasteiger charge is 2.12. The fourth-order valence-electron chi connectivity index (χ4n) is 1.66. The van der Waals surface area contributed by atoms with Crippen molar-refractivity contribution in [2.45, 2.75) is 0 Å². The normalized spacial score (nSPS) is 10.5. The molecule has 106 valence electrons. The number of hydrogen-bond acceptors (Lipinski definition) is 6. The number of nitro groups is 2. The number of hydrogen-bond donors (Lipinski definition) is 1. The minimum absolute atomic E-state index is 0.0920. The predicted octanol–water partition coefficient (Wildman–Crippen LogP) is 2.95. The van der Waals surface area contributed by atoms with E-state index in [2.05, 4.69) is 10.5 Å². The van der Waals surface area contributed by atoms with E-state index in [0.29, 0.717) is 5.56 Å². The Morgan fingerprint density at radius 2 is 1.48 bits per heavy atom. The first-order valence-electron chi connectivity index (χ1n) is 5.85. The smallest absolute Gasteiger partial charge is 0.272 e. The molecule has 0 saturated heterocycles. The van der Waals surface area contributed by atoms with Gasteiger partial charge in [-0.25, -0.2) is 0 Å². The summed E-state index contributed by atoms with van der Waals surface area (Å²) in [6, 6.07) is 12.1. The maximum Gasteiger partial charge on any atom is 0.294 e.